The summed E-state index contributed by atoms with van der Waals surface area (Å²) in [4.78, 5) is 5.29. The Bertz CT molecular complexity index is 290. The number of morpholine rings is 1. The fraction of sp³-hybridized carbons (Fsp3) is 1.00. The van der Waals surface area contributed by atoms with Crippen LogP contribution in [0.5, 0.6) is 0 Å². The largest absolute Gasteiger partial charge is 0.379 e. The van der Waals surface area contributed by atoms with Gasteiger partial charge in [0.25, 0.3) is 0 Å². The number of ether oxygens (including phenoxy) is 1. The Kier molecular flexibility index (Phi) is 6.93. The van der Waals surface area contributed by atoms with Crippen LogP contribution in [0.4, 0.5) is 0 Å². The summed E-state index contributed by atoms with van der Waals surface area (Å²) in [6, 6.07) is 1.35. The molecule has 0 radical (unpaired) electrons. The van der Waals surface area contributed by atoms with E-state index in [0.717, 1.165) is 44.7 Å². The lowest BCUT2D eigenvalue weighted by Gasteiger charge is -2.44. The van der Waals surface area contributed by atoms with E-state index in [0.29, 0.717) is 12.1 Å². The molecule has 21 heavy (non-hydrogen) atoms. The van der Waals surface area contributed by atoms with E-state index >= 15 is 0 Å². The van der Waals surface area contributed by atoms with Crippen molar-refractivity contribution < 1.29 is 4.74 Å². The Morgan fingerprint density at radius 1 is 1.05 bits per heavy atom. The third-order valence-corrected chi connectivity index (χ3v) is 5.09. The molecule has 0 bridgehead atoms. The molecule has 0 spiro atoms. The van der Waals surface area contributed by atoms with Crippen LogP contribution in [0, 0.1) is 11.8 Å². The van der Waals surface area contributed by atoms with Crippen molar-refractivity contribution in [3.63, 3.8) is 0 Å². The minimum atomic E-state index is 0.656. The average molecular weight is 297 g/mol. The van der Waals surface area contributed by atoms with Crippen molar-refractivity contribution in [2.75, 3.05) is 52.5 Å². The summed E-state index contributed by atoms with van der Waals surface area (Å²) in [5, 5.41) is 3.75. The number of nitrogens with zero attached hydrogens (tertiary/aromatic N) is 2. The van der Waals surface area contributed by atoms with E-state index in [-0.39, 0.29) is 0 Å². The van der Waals surface area contributed by atoms with Gasteiger partial charge in [-0.2, -0.15) is 0 Å². The number of nitrogens with one attached hydrogen (secondary N) is 1. The molecule has 2 atom stereocenters. The van der Waals surface area contributed by atoms with Crippen molar-refractivity contribution in [1.82, 2.24) is 15.1 Å². The summed E-state index contributed by atoms with van der Waals surface area (Å²) in [5.41, 5.74) is 0. The molecule has 124 valence electrons. The molecule has 0 aromatic heterocycles. The molecule has 0 aliphatic carbocycles. The molecule has 2 saturated heterocycles. The van der Waals surface area contributed by atoms with E-state index in [4.69, 9.17) is 4.74 Å². The molecule has 2 aliphatic rings. The van der Waals surface area contributed by atoms with Crippen molar-refractivity contribution in [2.24, 2.45) is 11.8 Å². The zero-order valence-corrected chi connectivity index (χ0v) is 14.5. The Labute approximate surface area is 131 Å². The van der Waals surface area contributed by atoms with Gasteiger partial charge in [-0.1, -0.05) is 27.7 Å². The second kappa shape index (κ2) is 8.47. The van der Waals surface area contributed by atoms with Gasteiger partial charge in [-0.05, 0) is 31.3 Å². The molecule has 2 aliphatic heterocycles. The van der Waals surface area contributed by atoms with Crippen molar-refractivity contribution in [2.45, 2.75) is 46.2 Å². The lowest BCUT2D eigenvalue weighted by atomic mass is 9.94. The maximum absolute atomic E-state index is 5.42. The van der Waals surface area contributed by atoms with Crippen molar-refractivity contribution in [1.29, 1.82) is 0 Å². The lowest BCUT2D eigenvalue weighted by Crippen LogP contribution is -2.59. The standard InChI is InChI=1S/C17H35N3O/c1-14(2)16-13-20(17(12-18-16)15(3)4)7-5-6-19-8-10-21-11-9-19/h14-18H,5-13H2,1-4H3. The van der Waals surface area contributed by atoms with E-state index in [1.807, 2.05) is 0 Å². The van der Waals surface area contributed by atoms with Gasteiger partial charge in [0.1, 0.15) is 0 Å². The first kappa shape index (κ1) is 17.2. The minimum Gasteiger partial charge on any atom is -0.379 e. The molecule has 2 rings (SSSR count). The second-order valence-corrected chi connectivity index (χ2v) is 7.37. The zero-order valence-electron chi connectivity index (χ0n) is 14.5. The van der Waals surface area contributed by atoms with Crippen LogP contribution in [-0.2, 0) is 4.74 Å². The minimum absolute atomic E-state index is 0.656. The van der Waals surface area contributed by atoms with Gasteiger partial charge in [-0.25, -0.2) is 0 Å². The van der Waals surface area contributed by atoms with E-state index < -0.39 is 0 Å². The predicted octanol–water partition coefficient (Wildman–Crippen LogP) is 1.66. The first-order chi connectivity index (χ1) is 10.1. The zero-order chi connectivity index (χ0) is 15.2. The topological polar surface area (TPSA) is 27.7 Å². The van der Waals surface area contributed by atoms with Crippen LogP contribution in [0.1, 0.15) is 34.1 Å². The molecule has 0 saturated carbocycles. The van der Waals surface area contributed by atoms with Crippen LogP contribution in [0.15, 0.2) is 0 Å². The monoisotopic (exact) mass is 297 g/mol. The van der Waals surface area contributed by atoms with Crippen LogP contribution in [0.2, 0.25) is 0 Å². The quantitative estimate of drug-likeness (QED) is 0.807. The number of rotatable bonds is 6. The Balaban J connectivity index is 1.78. The van der Waals surface area contributed by atoms with E-state index in [1.165, 1.54) is 26.1 Å². The van der Waals surface area contributed by atoms with Gasteiger partial charge in [0.05, 0.1) is 13.2 Å². The maximum Gasteiger partial charge on any atom is 0.0594 e. The van der Waals surface area contributed by atoms with Gasteiger partial charge in [0, 0.05) is 38.3 Å². The number of hydrogen-bond acceptors (Lipinski definition) is 4. The van der Waals surface area contributed by atoms with Crippen LogP contribution >= 0.6 is 0 Å². The molecular formula is C17H35N3O. The molecule has 0 aromatic carbocycles. The van der Waals surface area contributed by atoms with Gasteiger partial charge < -0.3 is 10.1 Å². The van der Waals surface area contributed by atoms with Gasteiger partial charge in [-0.3, -0.25) is 9.80 Å². The average Bonchev–Trinajstić information content (AvgIpc) is 2.48. The van der Waals surface area contributed by atoms with Crippen LogP contribution in [0.3, 0.4) is 0 Å². The van der Waals surface area contributed by atoms with Gasteiger partial charge in [-0.15, -0.1) is 0 Å². The summed E-state index contributed by atoms with van der Waals surface area (Å²) in [6.45, 7) is 18.3. The first-order valence-corrected chi connectivity index (χ1v) is 8.85. The predicted molar refractivity (Wildman–Crippen MR) is 88.7 cm³/mol. The first-order valence-electron chi connectivity index (χ1n) is 8.85. The van der Waals surface area contributed by atoms with Crippen LogP contribution in [-0.4, -0.2) is 74.4 Å². The SMILES string of the molecule is CC(C)C1CN(CCCN2CCOCC2)C(C(C)C)CN1. The van der Waals surface area contributed by atoms with Crippen molar-refractivity contribution >= 4 is 0 Å². The molecular weight excluding hydrogens is 262 g/mol. The molecule has 0 amide bonds. The summed E-state index contributed by atoms with van der Waals surface area (Å²) < 4.78 is 5.42. The molecule has 4 heteroatoms. The molecule has 4 nitrogen and oxygen atoms in total. The fourth-order valence-corrected chi connectivity index (χ4v) is 3.54. The highest BCUT2D eigenvalue weighted by Gasteiger charge is 2.30. The normalized spacial score (nSPS) is 29.4. The Hall–Kier alpha value is -0.160. The smallest absolute Gasteiger partial charge is 0.0594 e. The maximum atomic E-state index is 5.42. The molecule has 2 heterocycles. The summed E-state index contributed by atoms with van der Waals surface area (Å²) >= 11 is 0. The van der Waals surface area contributed by atoms with Gasteiger partial charge >= 0.3 is 0 Å². The lowest BCUT2D eigenvalue weighted by molar-refractivity contribution is 0.0321. The third-order valence-electron chi connectivity index (χ3n) is 5.09. The van der Waals surface area contributed by atoms with Crippen LogP contribution < -0.4 is 5.32 Å². The molecule has 0 aromatic rings. The Morgan fingerprint density at radius 3 is 2.38 bits per heavy atom. The van der Waals surface area contributed by atoms with Gasteiger partial charge in [0.2, 0.25) is 0 Å². The molecule has 2 unspecified atom stereocenters. The van der Waals surface area contributed by atoms with E-state index in [1.54, 1.807) is 0 Å². The second-order valence-electron chi connectivity index (χ2n) is 7.37. The van der Waals surface area contributed by atoms with Gasteiger partial charge in [0.15, 0.2) is 0 Å². The summed E-state index contributed by atoms with van der Waals surface area (Å²) in [6.07, 6.45) is 1.29. The highest BCUT2D eigenvalue weighted by atomic mass is 16.5. The molecule has 2 fully saturated rings. The van der Waals surface area contributed by atoms with Crippen molar-refractivity contribution in [3.05, 3.63) is 0 Å². The van der Waals surface area contributed by atoms with E-state index in [2.05, 4.69) is 42.8 Å². The highest BCUT2D eigenvalue weighted by molar-refractivity contribution is 4.89. The summed E-state index contributed by atoms with van der Waals surface area (Å²) in [5.74, 6) is 1.45. The van der Waals surface area contributed by atoms with Crippen molar-refractivity contribution in [3.8, 4) is 0 Å². The number of piperazine rings is 1. The molecule has 1 N–H and O–H groups in total. The third kappa shape index (κ3) is 5.20. The Morgan fingerprint density at radius 2 is 1.76 bits per heavy atom. The van der Waals surface area contributed by atoms with Crippen LogP contribution in [0.25, 0.3) is 0 Å². The summed E-state index contributed by atoms with van der Waals surface area (Å²) in [7, 11) is 0. The highest BCUT2D eigenvalue weighted by Crippen LogP contribution is 2.18. The van der Waals surface area contributed by atoms with E-state index in [9.17, 15) is 0 Å². The number of hydrogen-bond donors (Lipinski definition) is 1. The fourth-order valence-electron chi connectivity index (χ4n) is 3.54.